The Kier molecular flexibility index (Phi) is 3.10. The number of nitrogens with zero attached hydrogens (tertiary/aromatic N) is 1. The summed E-state index contributed by atoms with van der Waals surface area (Å²) in [6, 6.07) is 12.3. The van der Waals surface area contributed by atoms with Gasteiger partial charge in [-0.2, -0.15) is 0 Å². The van der Waals surface area contributed by atoms with E-state index in [9.17, 15) is 9.59 Å². The number of fused-ring (bicyclic) bond motifs is 1. The molecule has 1 aromatic heterocycles. The van der Waals surface area contributed by atoms with Crippen molar-refractivity contribution in [2.75, 3.05) is 7.11 Å². The van der Waals surface area contributed by atoms with Crippen LogP contribution in [0.2, 0.25) is 0 Å². The van der Waals surface area contributed by atoms with Gasteiger partial charge in [-0.1, -0.05) is 18.2 Å². The SMILES string of the molecule is COc1ccc2c(=O)n(-c3ccccc3C)c(=O)[nH]c2c1. The number of hydrogen-bond donors (Lipinski definition) is 1. The highest BCUT2D eigenvalue weighted by Crippen LogP contribution is 2.16. The Hall–Kier alpha value is -2.82. The summed E-state index contributed by atoms with van der Waals surface area (Å²) in [5, 5.41) is 0.443. The molecule has 3 rings (SSSR count). The molecule has 106 valence electrons. The number of H-pyrrole nitrogens is 1. The van der Waals surface area contributed by atoms with Crippen molar-refractivity contribution in [1.29, 1.82) is 0 Å². The van der Waals surface area contributed by atoms with Crippen molar-refractivity contribution in [1.82, 2.24) is 9.55 Å². The van der Waals surface area contributed by atoms with E-state index < -0.39 is 5.69 Å². The molecular formula is C16H14N2O3. The molecule has 0 saturated heterocycles. The summed E-state index contributed by atoms with van der Waals surface area (Å²) in [6.07, 6.45) is 0. The molecule has 5 nitrogen and oxygen atoms in total. The first kappa shape index (κ1) is 13.2. The highest BCUT2D eigenvalue weighted by atomic mass is 16.5. The highest BCUT2D eigenvalue weighted by molar-refractivity contribution is 5.79. The largest absolute Gasteiger partial charge is 0.497 e. The molecule has 1 N–H and O–H groups in total. The predicted molar refractivity (Wildman–Crippen MR) is 81.5 cm³/mol. The Morgan fingerprint density at radius 2 is 1.86 bits per heavy atom. The van der Waals surface area contributed by atoms with Gasteiger partial charge in [0.15, 0.2) is 0 Å². The lowest BCUT2D eigenvalue weighted by Crippen LogP contribution is -2.34. The van der Waals surface area contributed by atoms with E-state index in [0.29, 0.717) is 22.3 Å². The van der Waals surface area contributed by atoms with Gasteiger partial charge in [-0.05, 0) is 30.7 Å². The number of methoxy groups -OCH3 is 1. The van der Waals surface area contributed by atoms with Crippen LogP contribution in [-0.4, -0.2) is 16.7 Å². The topological polar surface area (TPSA) is 64.1 Å². The van der Waals surface area contributed by atoms with Gasteiger partial charge >= 0.3 is 5.69 Å². The predicted octanol–water partition coefficient (Wildman–Crippen LogP) is 2.00. The van der Waals surface area contributed by atoms with Crippen LogP contribution in [0.1, 0.15) is 5.56 Å². The normalized spacial score (nSPS) is 10.8. The molecule has 0 amide bonds. The number of ether oxygens (including phenoxy) is 1. The minimum absolute atomic E-state index is 0.342. The van der Waals surface area contributed by atoms with Crippen LogP contribution in [0.5, 0.6) is 5.75 Å². The minimum Gasteiger partial charge on any atom is -0.497 e. The quantitative estimate of drug-likeness (QED) is 0.782. The molecule has 0 bridgehead atoms. The van der Waals surface area contributed by atoms with Gasteiger partial charge in [0, 0.05) is 6.07 Å². The highest BCUT2D eigenvalue weighted by Gasteiger charge is 2.11. The maximum atomic E-state index is 12.6. The van der Waals surface area contributed by atoms with Gasteiger partial charge in [-0.15, -0.1) is 0 Å². The Bertz CT molecular complexity index is 938. The molecule has 21 heavy (non-hydrogen) atoms. The smallest absolute Gasteiger partial charge is 0.333 e. The van der Waals surface area contributed by atoms with Crippen molar-refractivity contribution in [3.8, 4) is 11.4 Å². The van der Waals surface area contributed by atoms with Crippen LogP contribution in [0, 0.1) is 6.92 Å². The fourth-order valence-electron chi connectivity index (χ4n) is 2.36. The molecule has 2 aromatic carbocycles. The van der Waals surface area contributed by atoms with E-state index in [-0.39, 0.29) is 5.56 Å². The van der Waals surface area contributed by atoms with Gasteiger partial charge in [-0.25, -0.2) is 9.36 Å². The summed E-state index contributed by atoms with van der Waals surface area (Å²) in [7, 11) is 1.54. The minimum atomic E-state index is -0.463. The first-order valence-electron chi connectivity index (χ1n) is 6.51. The first-order chi connectivity index (χ1) is 10.1. The molecule has 5 heteroatoms. The number of aromatic amines is 1. The number of rotatable bonds is 2. The Morgan fingerprint density at radius 3 is 2.57 bits per heavy atom. The molecule has 0 aliphatic carbocycles. The Balaban J connectivity index is 2.39. The third-order valence-corrected chi connectivity index (χ3v) is 3.46. The molecule has 3 aromatic rings. The molecule has 0 saturated carbocycles. The third kappa shape index (κ3) is 2.12. The van der Waals surface area contributed by atoms with Crippen molar-refractivity contribution < 1.29 is 4.74 Å². The molecule has 0 spiro atoms. The van der Waals surface area contributed by atoms with E-state index in [0.717, 1.165) is 10.1 Å². The number of aromatic nitrogens is 2. The first-order valence-corrected chi connectivity index (χ1v) is 6.51. The summed E-state index contributed by atoms with van der Waals surface area (Å²) in [6.45, 7) is 1.86. The van der Waals surface area contributed by atoms with E-state index >= 15 is 0 Å². The number of hydrogen-bond acceptors (Lipinski definition) is 3. The monoisotopic (exact) mass is 282 g/mol. The lowest BCUT2D eigenvalue weighted by atomic mass is 10.2. The van der Waals surface area contributed by atoms with Crippen molar-refractivity contribution in [2.24, 2.45) is 0 Å². The lowest BCUT2D eigenvalue weighted by molar-refractivity contribution is 0.415. The molecular weight excluding hydrogens is 268 g/mol. The van der Waals surface area contributed by atoms with Gasteiger partial charge in [0.1, 0.15) is 5.75 Å². The summed E-state index contributed by atoms with van der Waals surface area (Å²) < 4.78 is 6.26. The summed E-state index contributed by atoms with van der Waals surface area (Å²) in [5.74, 6) is 0.589. The van der Waals surface area contributed by atoms with Crippen LogP contribution < -0.4 is 16.0 Å². The Morgan fingerprint density at radius 1 is 1.10 bits per heavy atom. The second-order valence-electron chi connectivity index (χ2n) is 4.77. The van der Waals surface area contributed by atoms with Gasteiger partial charge in [0.2, 0.25) is 0 Å². The summed E-state index contributed by atoms with van der Waals surface area (Å²) in [5.41, 5.74) is 1.11. The summed E-state index contributed by atoms with van der Waals surface area (Å²) >= 11 is 0. The van der Waals surface area contributed by atoms with E-state index in [1.165, 1.54) is 7.11 Å². The lowest BCUT2D eigenvalue weighted by Gasteiger charge is -2.09. The van der Waals surface area contributed by atoms with Crippen LogP contribution >= 0.6 is 0 Å². The van der Waals surface area contributed by atoms with E-state index in [2.05, 4.69) is 4.98 Å². The average Bonchev–Trinajstić information content (AvgIpc) is 2.48. The molecule has 0 aliphatic rings. The van der Waals surface area contributed by atoms with Crippen LogP contribution in [0.4, 0.5) is 0 Å². The molecule has 0 unspecified atom stereocenters. The van der Waals surface area contributed by atoms with Gasteiger partial charge in [0.05, 0.1) is 23.7 Å². The van der Waals surface area contributed by atoms with Crippen molar-refractivity contribution in [2.45, 2.75) is 6.92 Å². The van der Waals surface area contributed by atoms with Crippen LogP contribution in [0.3, 0.4) is 0 Å². The zero-order valence-electron chi connectivity index (χ0n) is 11.7. The van der Waals surface area contributed by atoms with Crippen LogP contribution in [0.15, 0.2) is 52.1 Å². The fraction of sp³-hybridized carbons (Fsp3) is 0.125. The molecule has 0 radical (unpaired) electrons. The van der Waals surface area contributed by atoms with Crippen molar-refractivity contribution in [3.05, 3.63) is 68.9 Å². The fourth-order valence-corrected chi connectivity index (χ4v) is 2.36. The summed E-state index contributed by atoms with van der Waals surface area (Å²) in [4.78, 5) is 27.6. The molecule has 0 fully saturated rings. The number of nitrogens with one attached hydrogen (secondary N) is 1. The van der Waals surface area contributed by atoms with Crippen molar-refractivity contribution in [3.63, 3.8) is 0 Å². The van der Waals surface area contributed by atoms with Crippen LogP contribution in [0.25, 0.3) is 16.6 Å². The third-order valence-electron chi connectivity index (χ3n) is 3.46. The second-order valence-corrected chi connectivity index (χ2v) is 4.77. The van der Waals surface area contributed by atoms with Gasteiger partial charge in [-0.3, -0.25) is 4.79 Å². The molecule has 0 atom stereocenters. The Labute approximate surface area is 120 Å². The molecule has 0 aliphatic heterocycles. The second kappa shape index (κ2) is 4.94. The maximum absolute atomic E-state index is 12.6. The van der Waals surface area contributed by atoms with Crippen molar-refractivity contribution >= 4 is 10.9 Å². The van der Waals surface area contributed by atoms with Gasteiger partial charge < -0.3 is 9.72 Å². The van der Waals surface area contributed by atoms with Gasteiger partial charge in [0.25, 0.3) is 5.56 Å². The van der Waals surface area contributed by atoms with E-state index in [1.54, 1.807) is 30.3 Å². The number of aryl methyl sites for hydroxylation is 1. The standard InChI is InChI=1S/C16H14N2O3/c1-10-5-3-4-6-14(10)18-15(19)12-8-7-11(21-2)9-13(12)17-16(18)20/h3-9H,1-2H3,(H,17,20). The van der Waals surface area contributed by atoms with E-state index in [4.69, 9.17) is 4.74 Å². The number of benzene rings is 2. The number of para-hydroxylation sites is 1. The molecule has 1 heterocycles. The maximum Gasteiger partial charge on any atom is 0.333 e. The van der Waals surface area contributed by atoms with E-state index in [1.807, 2.05) is 19.1 Å². The zero-order valence-corrected chi connectivity index (χ0v) is 11.7. The average molecular weight is 282 g/mol. The zero-order chi connectivity index (χ0) is 15.0. The van der Waals surface area contributed by atoms with Crippen LogP contribution in [-0.2, 0) is 0 Å².